The Morgan fingerprint density at radius 3 is 2.12 bits per heavy atom. The van der Waals surface area contributed by atoms with E-state index in [2.05, 4.69) is 0 Å². The van der Waals surface area contributed by atoms with E-state index in [0.717, 1.165) is 5.54 Å². The molecule has 82 valence electrons. The predicted octanol–water partition coefficient (Wildman–Crippen LogP) is 0.283. The van der Waals surface area contributed by atoms with Gasteiger partial charge in [-0.3, -0.25) is 19.3 Å². The summed E-state index contributed by atoms with van der Waals surface area (Å²) in [6.45, 7) is -0.608. The summed E-state index contributed by atoms with van der Waals surface area (Å²) >= 11 is 0. The number of benzene rings is 1. The number of nitrogens with zero attached hydrogens (tertiary/aromatic N) is 1. The molecule has 0 spiro atoms. The van der Waals surface area contributed by atoms with E-state index in [-0.39, 0.29) is 11.1 Å². The highest BCUT2D eigenvalue weighted by molar-refractivity contribution is 6.22. The van der Waals surface area contributed by atoms with Gasteiger partial charge >= 0.3 is 0 Å². The van der Waals surface area contributed by atoms with Gasteiger partial charge in [-0.1, -0.05) is 12.1 Å². The molecule has 0 atom stereocenters. The Morgan fingerprint density at radius 1 is 1.19 bits per heavy atom. The number of fused-ring (bicyclic) bond motifs is 1. The molecule has 5 nitrogen and oxygen atoms in total. The minimum absolute atomic E-state index is 0.235. The first-order valence-corrected chi connectivity index (χ1v) is 4.50. The molecule has 6 heteroatoms. The number of hydrogen-bond acceptors (Lipinski definition) is 3. The zero-order valence-corrected chi connectivity index (χ0v) is 8.07. The van der Waals surface area contributed by atoms with Crippen LogP contribution in [0.1, 0.15) is 20.7 Å². The van der Waals surface area contributed by atoms with E-state index < -0.39 is 24.3 Å². The van der Waals surface area contributed by atoms with Crippen LogP contribution in [0, 0.1) is 0 Å². The van der Waals surface area contributed by atoms with Crippen molar-refractivity contribution < 1.29 is 18.9 Å². The van der Waals surface area contributed by atoms with E-state index >= 15 is 0 Å². The Balaban J connectivity index is 2.32. The summed E-state index contributed by atoms with van der Waals surface area (Å²) in [6, 6.07) is 6.21. The third kappa shape index (κ3) is 1.44. The van der Waals surface area contributed by atoms with Gasteiger partial charge in [0, 0.05) is 0 Å². The molecule has 0 unspecified atom stereocenters. The van der Waals surface area contributed by atoms with Crippen LogP contribution in [0.3, 0.4) is 0 Å². The van der Waals surface area contributed by atoms with Crippen molar-refractivity contribution in [1.29, 1.82) is 0 Å². The molecule has 0 aliphatic carbocycles. The Morgan fingerprint density at radius 2 is 1.69 bits per heavy atom. The van der Waals surface area contributed by atoms with E-state index in [0.29, 0.717) is 4.90 Å². The smallest absolute Gasteiger partial charge is 0.267 e. The number of carbonyl (C=O) groups excluding carboxylic acids is 3. The lowest BCUT2D eigenvalue weighted by molar-refractivity contribution is -0.125. The van der Waals surface area contributed by atoms with Gasteiger partial charge in [0.25, 0.3) is 17.7 Å². The lowest BCUT2D eigenvalue weighted by Gasteiger charge is -2.10. The van der Waals surface area contributed by atoms with Crippen LogP contribution in [0.25, 0.3) is 0 Å². The molecule has 1 aromatic rings. The zero-order chi connectivity index (χ0) is 11.7. The molecule has 1 aromatic carbocycles. The molecule has 0 bridgehead atoms. The highest BCUT2D eigenvalue weighted by Gasteiger charge is 2.36. The minimum atomic E-state index is -1.03. The van der Waals surface area contributed by atoms with Crippen molar-refractivity contribution in [2.75, 3.05) is 6.54 Å². The molecule has 0 aromatic heterocycles. The van der Waals surface area contributed by atoms with Crippen molar-refractivity contribution >= 4 is 17.7 Å². The first-order chi connectivity index (χ1) is 7.65. The number of amides is 3. The molecule has 1 aliphatic rings. The molecule has 1 N–H and O–H groups in total. The summed E-state index contributed by atoms with van der Waals surface area (Å²) in [5, 5.41) is 0. The molecule has 3 amide bonds. The largest absolute Gasteiger partial charge is 0.270 e. The fraction of sp³-hybridized carbons (Fsp3) is 0.100. The van der Waals surface area contributed by atoms with Gasteiger partial charge in [0.15, 0.2) is 0 Å². The second kappa shape index (κ2) is 3.73. The predicted molar refractivity (Wildman–Crippen MR) is 51.1 cm³/mol. The van der Waals surface area contributed by atoms with Crippen molar-refractivity contribution in [1.82, 2.24) is 10.4 Å². The van der Waals surface area contributed by atoms with Gasteiger partial charge in [0.05, 0.1) is 11.1 Å². The second-order valence-electron chi connectivity index (χ2n) is 3.26. The van der Waals surface area contributed by atoms with Crippen molar-refractivity contribution in [3.8, 4) is 0 Å². The van der Waals surface area contributed by atoms with Gasteiger partial charge in [-0.25, -0.2) is 0 Å². The average Bonchev–Trinajstić information content (AvgIpc) is 2.55. The number of carbonyl (C=O) groups is 3. The highest BCUT2D eigenvalue weighted by Crippen LogP contribution is 2.21. The van der Waals surface area contributed by atoms with Crippen molar-refractivity contribution in [2.24, 2.45) is 0 Å². The van der Waals surface area contributed by atoms with E-state index in [1.165, 1.54) is 12.1 Å². The summed E-state index contributed by atoms with van der Waals surface area (Å²) in [5.74, 6) is -2.19. The molecule has 0 saturated carbocycles. The molecule has 0 fully saturated rings. The SMILES string of the molecule is O=C(CN1C(=O)c2ccccc2C1=O)NF. The number of nitrogens with one attached hydrogen (secondary N) is 1. The third-order valence-electron chi connectivity index (χ3n) is 2.29. The van der Waals surface area contributed by atoms with Crippen LogP contribution >= 0.6 is 0 Å². The summed E-state index contributed by atoms with van der Waals surface area (Å²) in [7, 11) is 0. The molecule has 1 aliphatic heterocycles. The second-order valence-corrected chi connectivity index (χ2v) is 3.26. The fourth-order valence-corrected chi connectivity index (χ4v) is 1.56. The van der Waals surface area contributed by atoms with Crippen LogP contribution in [0.5, 0.6) is 0 Å². The summed E-state index contributed by atoms with van der Waals surface area (Å²) in [4.78, 5) is 34.8. The van der Waals surface area contributed by atoms with Crippen LogP contribution < -0.4 is 5.54 Å². The first-order valence-electron chi connectivity index (χ1n) is 4.50. The minimum Gasteiger partial charge on any atom is -0.270 e. The van der Waals surface area contributed by atoms with Crippen LogP contribution in [0.4, 0.5) is 4.48 Å². The molecule has 0 saturated heterocycles. The molecular weight excluding hydrogens is 215 g/mol. The van der Waals surface area contributed by atoms with E-state index in [1.54, 1.807) is 12.1 Å². The Bertz CT molecular complexity index is 452. The highest BCUT2D eigenvalue weighted by atomic mass is 19.2. The van der Waals surface area contributed by atoms with Gasteiger partial charge in [-0.15, -0.1) is 4.48 Å². The van der Waals surface area contributed by atoms with E-state index in [1.807, 2.05) is 0 Å². The summed E-state index contributed by atoms with van der Waals surface area (Å²) in [5.41, 5.74) is 1.35. The van der Waals surface area contributed by atoms with Gasteiger partial charge in [0.1, 0.15) is 6.54 Å². The standard InChI is InChI=1S/C10H7FN2O3/c11-12-8(14)5-13-9(15)6-3-1-2-4-7(6)10(13)16/h1-4H,5H2,(H,12,14). The van der Waals surface area contributed by atoms with Crippen LogP contribution in [-0.4, -0.2) is 29.2 Å². The van der Waals surface area contributed by atoms with Crippen LogP contribution in [-0.2, 0) is 4.79 Å². The van der Waals surface area contributed by atoms with Crippen molar-refractivity contribution in [3.05, 3.63) is 35.4 Å². The Kier molecular flexibility index (Phi) is 2.40. The van der Waals surface area contributed by atoms with Gasteiger partial charge < -0.3 is 0 Å². The average molecular weight is 222 g/mol. The molecular formula is C10H7FN2O3. The molecule has 0 radical (unpaired) electrons. The lowest BCUT2D eigenvalue weighted by Crippen LogP contribution is -2.38. The Hall–Kier alpha value is -2.24. The number of imide groups is 1. The quantitative estimate of drug-likeness (QED) is 0.577. The van der Waals surface area contributed by atoms with Crippen molar-refractivity contribution in [2.45, 2.75) is 0 Å². The third-order valence-corrected chi connectivity index (χ3v) is 2.29. The lowest BCUT2D eigenvalue weighted by atomic mass is 10.1. The van der Waals surface area contributed by atoms with Crippen LogP contribution in [0.15, 0.2) is 24.3 Å². The normalized spacial score (nSPS) is 13.9. The summed E-state index contributed by atoms with van der Waals surface area (Å²) < 4.78 is 11.8. The number of hydrogen-bond donors (Lipinski definition) is 1. The van der Waals surface area contributed by atoms with Crippen LogP contribution in [0.2, 0.25) is 0 Å². The van der Waals surface area contributed by atoms with Gasteiger partial charge in [-0.05, 0) is 12.1 Å². The Labute approximate surface area is 89.8 Å². The zero-order valence-electron chi connectivity index (χ0n) is 8.07. The molecule has 2 rings (SSSR count). The monoisotopic (exact) mass is 222 g/mol. The molecule has 16 heavy (non-hydrogen) atoms. The van der Waals surface area contributed by atoms with Crippen molar-refractivity contribution in [3.63, 3.8) is 0 Å². The van der Waals surface area contributed by atoms with E-state index in [9.17, 15) is 18.9 Å². The maximum Gasteiger partial charge on any atom is 0.267 e. The molecule has 1 heterocycles. The van der Waals surface area contributed by atoms with Gasteiger partial charge in [-0.2, -0.15) is 5.54 Å². The van der Waals surface area contributed by atoms with E-state index in [4.69, 9.17) is 0 Å². The maximum absolute atomic E-state index is 11.8. The first kappa shape index (κ1) is 10.3. The fourth-order valence-electron chi connectivity index (χ4n) is 1.56. The maximum atomic E-state index is 11.8. The topological polar surface area (TPSA) is 66.5 Å². The summed E-state index contributed by atoms with van der Waals surface area (Å²) in [6.07, 6.45) is 0. The number of rotatable bonds is 2. The van der Waals surface area contributed by atoms with Gasteiger partial charge in [0.2, 0.25) is 0 Å². The number of halogens is 1.